The molecule has 0 radical (unpaired) electrons. The Morgan fingerprint density at radius 3 is 2.50 bits per heavy atom. The van der Waals surface area contributed by atoms with Gasteiger partial charge in [-0.2, -0.15) is 4.98 Å². The smallest absolute Gasteiger partial charge is 0.267 e. The van der Waals surface area contributed by atoms with E-state index >= 15 is 0 Å². The Bertz CT molecular complexity index is 1200. The van der Waals surface area contributed by atoms with E-state index < -0.39 is 5.91 Å². The van der Waals surface area contributed by atoms with Crippen molar-refractivity contribution in [1.29, 1.82) is 0 Å². The maximum absolute atomic E-state index is 11.3. The van der Waals surface area contributed by atoms with Crippen LogP contribution in [0.3, 0.4) is 0 Å². The van der Waals surface area contributed by atoms with E-state index in [0.29, 0.717) is 23.0 Å². The molecule has 2 heterocycles. The molecule has 0 fully saturated rings. The van der Waals surface area contributed by atoms with Gasteiger partial charge in [0.05, 0.1) is 5.69 Å². The number of ether oxygens (including phenoxy) is 1. The van der Waals surface area contributed by atoms with E-state index in [-0.39, 0.29) is 11.6 Å². The van der Waals surface area contributed by atoms with Crippen LogP contribution in [0.2, 0.25) is 0 Å². The fourth-order valence-corrected chi connectivity index (χ4v) is 2.82. The predicted octanol–water partition coefficient (Wildman–Crippen LogP) is 3.76. The van der Waals surface area contributed by atoms with Crippen LogP contribution in [-0.2, 0) is 0 Å². The second-order valence-electron chi connectivity index (χ2n) is 6.36. The summed E-state index contributed by atoms with van der Waals surface area (Å²) >= 11 is 0. The minimum Gasteiger partial charge on any atom is -0.457 e. The SMILES string of the molecule is NC(=O)c1cc(Oc2cccc(Nc3cc(-c4ccccc4)nc(N)n3)c2)ccn1. The van der Waals surface area contributed by atoms with Gasteiger partial charge < -0.3 is 21.5 Å². The molecular formula is C22H18N6O2. The van der Waals surface area contributed by atoms with Crippen molar-refractivity contribution in [3.05, 3.63) is 84.7 Å². The highest BCUT2D eigenvalue weighted by atomic mass is 16.5. The number of aromatic nitrogens is 3. The molecule has 0 aliphatic heterocycles. The van der Waals surface area contributed by atoms with Gasteiger partial charge in [0, 0.05) is 35.6 Å². The molecule has 0 spiro atoms. The number of anilines is 3. The van der Waals surface area contributed by atoms with Crippen LogP contribution >= 0.6 is 0 Å². The van der Waals surface area contributed by atoms with Crippen LogP contribution in [0.4, 0.5) is 17.5 Å². The third kappa shape index (κ3) is 4.50. The zero-order valence-corrected chi connectivity index (χ0v) is 15.8. The summed E-state index contributed by atoms with van der Waals surface area (Å²) in [6.07, 6.45) is 1.46. The molecule has 0 saturated carbocycles. The summed E-state index contributed by atoms with van der Waals surface area (Å²) in [6, 6.07) is 22.0. The van der Waals surface area contributed by atoms with E-state index in [1.165, 1.54) is 12.3 Å². The number of nitrogen functional groups attached to an aromatic ring is 1. The lowest BCUT2D eigenvalue weighted by Crippen LogP contribution is -2.12. The summed E-state index contributed by atoms with van der Waals surface area (Å²) in [5, 5.41) is 3.21. The van der Waals surface area contributed by atoms with Crippen molar-refractivity contribution in [2.45, 2.75) is 0 Å². The number of hydrogen-bond donors (Lipinski definition) is 3. The maximum Gasteiger partial charge on any atom is 0.267 e. The van der Waals surface area contributed by atoms with Gasteiger partial charge in [-0.1, -0.05) is 36.4 Å². The highest BCUT2D eigenvalue weighted by molar-refractivity contribution is 5.91. The molecule has 1 amide bonds. The minimum atomic E-state index is -0.619. The first kappa shape index (κ1) is 18.9. The van der Waals surface area contributed by atoms with Crippen molar-refractivity contribution in [2.24, 2.45) is 5.73 Å². The Labute approximate surface area is 172 Å². The lowest BCUT2D eigenvalue weighted by Gasteiger charge is -2.11. The second kappa shape index (κ2) is 8.27. The van der Waals surface area contributed by atoms with Gasteiger partial charge in [0.15, 0.2) is 0 Å². The Balaban J connectivity index is 1.56. The summed E-state index contributed by atoms with van der Waals surface area (Å²) in [5.41, 5.74) is 13.7. The standard InChI is InChI=1S/C22H18N6O2/c23-21(29)19-12-17(9-10-25-19)30-16-8-4-7-15(11-16)26-20-13-18(27-22(24)28-20)14-5-2-1-3-6-14/h1-13H,(H2,23,29)(H3,24,26,27,28). The van der Waals surface area contributed by atoms with Crippen molar-refractivity contribution in [3.63, 3.8) is 0 Å². The fourth-order valence-electron chi connectivity index (χ4n) is 2.82. The minimum absolute atomic E-state index is 0.131. The Morgan fingerprint density at radius 1 is 0.900 bits per heavy atom. The zero-order valence-electron chi connectivity index (χ0n) is 15.8. The van der Waals surface area contributed by atoms with Gasteiger partial charge in [0.1, 0.15) is 23.0 Å². The first-order valence-corrected chi connectivity index (χ1v) is 9.07. The van der Waals surface area contributed by atoms with Gasteiger partial charge in [-0.25, -0.2) is 4.98 Å². The highest BCUT2D eigenvalue weighted by Gasteiger charge is 2.08. The Morgan fingerprint density at radius 2 is 1.70 bits per heavy atom. The highest BCUT2D eigenvalue weighted by Crippen LogP contribution is 2.27. The summed E-state index contributed by atoms with van der Waals surface area (Å²) in [4.78, 5) is 23.7. The van der Waals surface area contributed by atoms with E-state index in [1.54, 1.807) is 18.2 Å². The average molecular weight is 398 g/mol. The number of carbonyl (C=O) groups is 1. The number of nitrogens with zero attached hydrogens (tertiary/aromatic N) is 3. The number of rotatable bonds is 6. The normalized spacial score (nSPS) is 10.4. The van der Waals surface area contributed by atoms with E-state index in [4.69, 9.17) is 16.2 Å². The van der Waals surface area contributed by atoms with Crippen LogP contribution in [0.25, 0.3) is 11.3 Å². The first-order valence-electron chi connectivity index (χ1n) is 9.07. The molecule has 0 unspecified atom stereocenters. The van der Waals surface area contributed by atoms with Crippen molar-refractivity contribution in [2.75, 3.05) is 11.1 Å². The number of nitrogens with one attached hydrogen (secondary N) is 1. The number of pyridine rings is 1. The lowest BCUT2D eigenvalue weighted by molar-refractivity contribution is 0.0995. The quantitative estimate of drug-likeness (QED) is 0.451. The molecule has 2 aromatic carbocycles. The number of nitrogens with two attached hydrogens (primary N) is 2. The van der Waals surface area contributed by atoms with Crippen molar-refractivity contribution in [1.82, 2.24) is 15.0 Å². The van der Waals surface area contributed by atoms with Crippen LogP contribution in [0, 0.1) is 0 Å². The predicted molar refractivity (Wildman–Crippen MR) is 114 cm³/mol. The largest absolute Gasteiger partial charge is 0.457 e. The van der Waals surface area contributed by atoms with Crippen molar-refractivity contribution >= 4 is 23.4 Å². The topological polar surface area (TPSA) is 129 Å². The zero-order chi connectivity index (χ0) is 20.9. The van der Waals surface area contributed by atoms with Crippen LogP contribution < -0.4 is 21.5 Å². The molecule has 0 atom stereocenters. The number of primary amides is 1. The van der Waals surface area contributed by atoms with E-state index in [0.717, 1.165) is 11.3 Å². The summed E-state index contributed by atoms with van der Waals surface area (Å²) in [7, 11) is 0. The number of hydrogen-bond acceptors (Lipinski definition) is 7. The van der Waals surface area contributed by atoms with Crippen molar-refractivity contribution < 1.29 is 9.53 Å². The third-order valence-electron chi connectivity index (χ3n) is 4.14. The Hall–Kier alpha value is -4.46. The summed E-state index contributed by atoms with van der Waals surface area (Å²) in [5.74, 6) is 1.12. The van der Waals surface area contributed by atoms with Crippen LogP contribution in [0.5, 0.6) is 11.5 Å². The summed E-state index contributed by atoms with van der Waals surface area (Å²) < 4.78 is 5.82. The molecule has 4 aromatic rings. The van der Waals surface area contributed by atoms with Crippen LogP contribution in [0.15, 0.2) is 79.0 Å². The van der Waals surface area contributed by atoms with Gasteiger partial charge in [0.25, 0.3) is 5.91 Å². The van der Waals surface area contributed by atoms with Gasteiger partial charge in [-0.05, 0) is 18.2 Å². The fraction of sp³-hybridized carbons (Fsp3) is 0. The molecule has 148 valence electrons. The molecule has 0 saturated heterocycles. The molecule has 4 rings (SSSR count). The van der Waals surface area contributed by atoms with Gasteiger partial charge in [0.2, 0.25) is 5.95 Å². The maximum atomic E-state index is 11.3. The second-order valence-corrected chi connectivity index (χ2v) is 6.36. The molecule has 0 aliphatic rings. The monoisotopic (exact) mass is 398 g/mol. The first-order chi connectivity index (χ1) is 14.6. The van der Waals surface area contributed by atoms with Gasteiger partial charge in [-0.3, -0.25) is 9.78 Å². The van der Waals surface area contributed by atoms with E-state index in [1.807, 2.05) is 48.5 Å². The van der Waals surface area contributed by atoms with Crippen LogP contribution in [0.1, 0.15) is 10.5 Å². The number of benzene rings is 2. The molecule has 2 aromatic heterocycles. The number of carbonyl (C=O) groups excluding carboxylic acids is 1. The van der Waals surface area contributed by atoms with E-state index in [9.17, 15) is 4.79 Å². The average Bonchev–Trinajstić information content (AvgIpc) is 2.74. The van der Waals surface area contributed by atoms with Gasteiger partial charge in [-0.15, -0.1) is 0 Å². The van der Waals surface area contributed by atoms with Crippen molar-refractivity contribution in [3.8, 4) is 22.8 Å². The molecule has 30 heavy (non-hydrogen) atoms. The summed E-state index contributed by atoms with van der Waals surface area (Å²) in [6.45, 7) is 0. The molecule has 5 N–H and O–H groups in total. The third-order valence-corrected chi connectivity index (χ3v) is 4.14. The molecule has 8 heteroatoms. The Kier molecular flexibility index (Phi) is 5.21. The molecular weight excluding hydrogens is 380 g/mol. The molecule has 0 bridgehead atoms. The molecule has 8 nitrogen and oxygen atoms in total. The van der Waals surface area contributed by atoms with E-state index in [2.05, 4.69) is 20.3 Å². The van der Waals surface area contributed by atoms with Gasteiger partial charge >= 0.3 is 0 Å². The lowest BCUT2D eigenvalue weighted by atomic mass is 10.1. The number of amides is 1. The molecule has 0 aliphatic carbocycles. The van der Waals surface area contributed by atoms with Crippen LogP contribution in [-0.4, -0.2) is 20.9 Å².